The number of benzene rings is 2. The Balaban J connectivity index is 1.91. The fourth-order valence-corrected chi connectivity index (χ4v) is 3.99. The molecule has 3 aromatic rings. The number of carbonyl (C=O) groups is 2. The highest BCUT2D eigenvalue weighted by Crippen LogP contribution is 2.38. The highest BCUT2D eigenvalue weighted by Gasteiger charge is 2.35. The second-order valence-electron chi connectivity index (χ2n) is 8.31. The van der Waals surface area contributed by atoms with Gasteiger partial charge in [0, 0.05) is 23.0 Å². The second-order valence-corrected chi connectivity index (χ2v) is 8.31. The maximum atomic E-state index is 13.1. The Morgan fingerprint density at radius 1 is 1.06 bits per heavy atom. The topological polar surface area (TPSA) is 104 Å². The number of allylic oxidation sites excluding steroid dienone is 1. The minimum Gasteiger partial charge on any atom is -0.493 e. The molecular formula is C26H28N4O5. The van der Waals surface area contributed by atoms with Crippen molar-refractivity contribution in [1.82, 2.24) is 20.4 Å². The molecule has 2 aromatic carbocycles. The number of para-hydroxylation sites is 1. The van der Waals surface area contributed by atoms with Crippen LogP contribution >= 0.6 is 0 Å². The molecule has 0 fully saturated rings. The Morgan fingerprint density at radius 2 is 1.77 bits per heavy atom. The van der Waals surface area contributed by atoms with Gasteiger partial charge in [0.05, 0.1) is 43.3 Å². The van der Waals surface area contributed by atoms with Crippen molar-refractivity contribution in [2.24, 2.45) is 0 Å². The van der Waals surface area contributed by atoms with E-state index in [1.807, 2.05) is 48.7 Å². The van der Waals surface area contributed by atoms with Crippen LogP contribution in [0.2, 0.25) is 0 Å². The van der Waals surface area contributed by atoms with E-state index in [9.17, 15) is 9.59 Å². The molecule has 182 valence electrons. The Labute approximate surface area is 203 Å². The monoisotopic (exact) mass is 476 g/mol. The van der Waals surface area contributed by atoms with Crippen LogP contribution in [-0.2, 0) is 9.53 Å². The van der Waals surface area contributed by atoms with Crippen molar-refractivity contribution < 1.29 is 23.8 Å². The molecule has 0 saturated carbocycles. The van der Waals surface area contributed by atoms with E-state index in [1.165, 1.54) is 0 Å². The van der Waals surface area contributed by atoms with E-state index < -0.39 is 18.0 Å². The number of methoxy groups -OCH3 is 2. The Morgan fingerprint density at radius 3 is 2.43 bits per heavy atom. The molecule has 1 aromatic heterocycles. The molecule has 1 atom stereocenters. The third-order valence-electron chi connectivity index (χ3n) is 5.56. The lowest BCUT2D eigenvalue weighted by molar-refractivity contribution is -0.143. The molecule has 0 aliphatic carbocycles. The van der Waals surface area contributed by atoms with Crippen LogP contribution in [0.15, 0.2) is 66.0 Å². The molecule has 2 amide bonds. The molecule has 1 unspecified atom stereocenters. The predicted octanol–water partition coefficient (Wildman–Crippen LogP) is 4.14. The Kier molecular flexibility index (Phi) is 6.77. The van der Waals surface area contributed by atoms with Gasteiger partial charge < -0.3 is 24.8 Å². The molecule has 4 rings (SSSR count). The summed E-state index contributed by atoms with van der Waals surface area (Å²) in [5.41, 5.74) is 3.50. The van der Waals surface area contributed by atoms with Gasteiger partial charge in [0.25, 0.3) is 0 Å². The third-order valence-corrected chi connectivity index (χ3v) is 5.56. The van der Waals surface area contributed by atoms with Crippen LogP contribution in [0.5, 0.6) is 11.5 Å². The van der Waals surface area contributed by atoms with Crippen molar-refractivity contribution in [3.8, 4) is 28.4 Å². The van der Waals surface area contributed by atoms with E-state index in [4.69, 9.17) is 19.3 Å². The number of nitrogens with one attached hydrogen (secondary N) is 2. The van der Waals surface area contributed by atoms with Crippen molar-refractivity contribution in [2.75, 3.05) is 14.2 Å². The molecular weight excluding hydrogens is 448 g/mol. The average molecular weight is 477 g/mol. The van der Waals surface area contributed by atoms with Crippen molar-refractivity contribution in [3.05, 3.63) is 71.6 Å². The van der Waals surface area contributed by atoms with Crippen LogP contribution in [0.1, 0.15) is 32.4 Å². The molecule has 0 saturated heterocycles. The molecule has 2 heterocycles. The molecule has 9 heteroatoms. The summed E-state index contributed by atoms with van der Waals surface area (Å²) >= 11 is 0. The maximum Gasteiger partial charge on any atom is 0.338 e. The molecule has 2 N–H and O–H groups in total. The third kappa shape index (κ3) is 4.84. The lowest BCUT2D eigenvalue weighted by Crippen LogP contribution is -2.45. The van der Waals surface area contributed by atoms with Gasteiger partial charge in [-0.2, -0.15) is 5.10 Å². The van der Waals surface area contributed by atoms with Gasteiger partial charge in [0.2, 0.25) is 0 Å². The SMILES string of the molecule is COc1ccc(-c2nn(-c3ccccc3)cc2C2NC(=O)NC(C)=C2C(=O)OC(C)C)cc1OC. The first-order valence-electron chi connectivity index (χ1n) is 11.2. The van der Waals surface area contributed by atoms with Crippen LogP contribution in [0.3, 0.4) is 0 Å². The number of urea groups is 1. The fourth-order valence-electron chi connectivity index (χ4n) is 3.99. The van der Waals surface area contributed by atoms with Gasteiger partial charge in [-0.05, 0) is 51.1 Å². The number of ether oxygens (including phenoxy) is 3. The molecule has 9 nitrogen and oxygen atoms in total. The largest absolute Gasteiger partial charge is 0.493 e. The van der Waals surface area contributed by atoms with Crippen LogP contribution in [0.4, 0.5) is 4.79 Å². The van der Waals surface area contributed by atoms with Crippen molar-refractivity contribution in [3.63, 3.8) is 0 Å². The number of rotatable bonds is 7. The van der Waals surface area contributed by atoms with Gasteiger partial charge in [-0.3, -0.25) is 0 Å². The molecule has 0 radical (unpaired) electrons. The number of aromatic nitrogens is 2. The van der Waals surface area contributed by atoms with Gasteiger partial charge in [-0.1, -0.05) is 18.2 Å². The van der Waals surface area contributed by atoms with E-state index in [0.717, 1.165) is 11.3 Å². The molecule has 1 aliphatic heterocycles. The standard InChI is InChI=1S/C26H28N4O5/c1-15(2)35-25(31)22-16(3)27-26(32)28-24(22)19-14-30(18-9-7-6-8-10-18)29-23(19)17-11-12-20(33-4)21(13-17)34-5/h6-15,24H,1-5H3,(H2,27,28,32). The molecule has 1 aliphatic rings. The van der Waals surface area contributed by atoms with Crippen molar-refractivity contribution in [2.45, 2.75) is 32.9 Å². The summed E-state index contributed by atoms with van der Waals surface area (Å²) in [4.78, 5) is 25.6. The number of amides is 2. The van der Waals surface area contributed by atoms with E-state index in [0.29, 0.717) is 34.0 Å². The zero-order valence-corrected chi connectivity index (χ0v) is 20.3. The number of hydrogen-bond acceptors (Lipinski definition) is 6. The highest BCUT2D eigenvalue weighted by molar-refractivity contribution is 5.95. The second kappa shape index (κ2) is 9.92. The summed E-state index contributed by atoms with van der Waals surface area (Å²) in [6.07, 6.45) is 1.49. The van der Waals surface area contributed by atoms with Crippen LogP contribution in [0, 0.1) is 0 Å². The van der Waals surface area contributed by atoms with Crippen molar-refractivity contribution >= 4 is 12.0 Å². The summed E-state index contributed by atoms with van der Waals surface area (Å²) in [7, 11) is 3.13. The summed E-state index contributed by atoms with van der Waals surface area (Å²) < 4.78 is 18.1. The van der Waals surface area contributed by atoms with Crippen LogP contribution < -0.4 is 20.1 Å². The summed E-state index contributed by atoms with van der Waals surface area (Å²) in [6, 6.07) is 13.8. The van der Waals surface area contributed by atoms with Gasteiger partial charge in [-0.15, -0.1) is 0 Å². The first-order chi connectivity index (χ1) is 16.8. The van der Waals surface area contributed by atoms with Crippen LogP contribution in [0.25, 0.3) is 16.9 Å². The summed E-state index contributed by atoms with van der Waals surface area (Å²) in [6.45, 7) is 5.24. The minimum atomic E-state index is -0.782. The first kappa shape index (κ1) is 23.9. The lowest BCUT2D eigenvalue weighted by atomic mass is 9.93. The average Bonchev–Trinajstić information content (AvgIpc) is 3.28. The Bertz CT molecular complexity index is 1280. The number of nitrogens with zero attached hydrogens (tertiary/aromatic N) is 2. The number of carbonyl (C=O) groups excluding carboxylic acids is 2. The summed E-state index contributed by atoms with van der Waals surface area (Å²) in [5.74, 6) is 0.596. The normalized spacial score (nSPS) is 15.5. The Hall–Kier alpha value is -4.27. The van der Waals surface area contributed by atoms with E-state index >= 15 is 0 Å². The zero-order valence-electron chi connectivity index (χ0n) is 20.3. The molecule has 35 heavy (non-hydrogen) atoms. The smallest absolute Gasteiger partial charge is 0.338 e. The van der Waals surface area contributed by atoms with Gasteiger partial charge in [0.1, 0.15) is 0 Å². The maximum absolute atomic E-state index is 13.1. The van der Waals surface area contributed by atoms with Gasteiger partial charge >= 0.3 is 12.0 Å². The highest BCUT2D eigenvalue weighted by atomic mass is 16.5. The zero-order chi connectivity index (χ0) is 25.1. The van der Waals surface area contributed by atoms with Gasteiger partial charge in [-0.25, -0.2) is 14.3 Å². The quantitative estimate of drug-likeness (QED) is 0.497. The number of hydrogen-bond donors (Lipinski definition) is 2. The minimum absolute atomic E-state index is 0.313. The number of esters is 1. The van der Waals surface area contributed by atoms with E-state index in [2.05, 4.69) is 10.6 Å². The van der Waals surface area contributed by atoms with Gasteiger partial charge in [0.15, 0.2) is 11.5 Å². The molecule has 0 bridgehead atoms. The lowest BCUT2D eigenvalue weighted by Gasteiger charge is -2.28. The predicted molar refractivity (Wildman–Crippen MR) is 130 cm³/mol. The first-order valence-corrected chi connectivity index (χ1v) is 11.2. The van der Waals surface area contributed by atoms with E-state index in [1.54, 1.807) is 45.7 Å². The fraction of sp³-hybridized carbons (Fsp3) is 0.269. The summed E-state index contributed by atoms with van der Waals surface area (Å²) in [5, 5.41) is 10.4. The van der Waals surface area contributed by atoms with Crippen molar-refractivity contribution in [1.29, 1.82) is 0 Å². The molecule has 0 spiro atoms. The van der Waals surface area contributed by atoms with E-state index in [-0.39, 0.29) is 6.10 Å². The van der Waals surface area contributed by atoms with Crippen LogP contribution in [-0.4, -0.2) is 42.1 Å².